The molecule has 0 N–H and O–H groups in total. The third-order valence-corrected chi connectivity index (χ3v) is 4.48. The summed E-state index contributed by atoms with van der Waals surface area (Å²) in [6.45, 7) is 8.26. The Balaban J connectivity index is 1.96. The standard InChI is InChI=1S/C14H24BrNO4/c1-13(2,3)20-12(17)16-6-4-5-14(9-15,10-16)19-11-7-18-8-11/h11H,4-10H2,1-3H3. The summed E-state index contributed by atoms with van der Waals surface area (Å²) in [5.74, 6) is 0. The highest BCUT2D eigenvalue weighted by Crippen LogP contribution is 2.31. The number of carbonyl (C=O) groups is 1. The highest BCUT2D eigenvalue weighted by Gasteiger charge is 2.41. The van der Waals surface area contributed by atoms with Crippen LogP contribution in [-0.4, -0.2) is 59.9 Å². The normalized spacial score (nSPS) is 28.1. The molecule has 2 aliphatic rings. The number of nitrogens with zero attached hydrogens (tertiary/aromatic N) is 1. The van der Waals surface area contributed by atoms with Crippen molar-refractivity contribution in [2.24, 2.45) is 0 Å². The van der Waals surface area contributed by atoms with Crippen molar-refractivity contribution < 1.29 is 19.0 Å². The van der Waals surface area contributed by atoms with E-state index in [1.165, 1.54) is 0 Å². The van der Waals surface area contributed by atoms with Gasteiger partial charge in [-0.05, 0) is 33.6 Å². The minimum Gasteiger partial charge on any atom is -0.444 e. The van der Waals surface area contributed by atoms with Gasteiger partial charge in [-0.25, -0.2) is 4.79 Å². The summed E-state index contributed by atoms with van der Waals surface area (Å²) >= 11 is 3.54. The van der Waals surface area contributed by atoms with Crippen molar-refractivity contribution in [1.29, 1.82) is 0 Å². The molecule has 2 aliphatic heterocycles. The van der Waals surface area contributed by atoms with Crippen LogP contribution in [0.3, 0.4) is 0 Å². The minimum atomic E-state index is -0.464. The quantitative estimate of drug-likeness (QED) is 0.734. The van der Waals surface area contributed by atoms with Gasteiger partial charge in [-0.3, -0.25) is 0 Å². The molecule has 0 saturated carbocycles. The Hall–Kier alpha value is -0.330. The Bertz CT molecular complexity index is 354. The molecule has 0 aromatic rings. The van der Waals surface area contributed by atoms with Crippen LogP contribution in [0.2, 0.25) is 0 Å². The van der Waals surface area contributed by atoms with Gasteiger partial charge in [0.25, 0.3) is 0 Å². The van der Waals surface area contributed by atoms with Crippen LogP contribution in [-0.2, 0) is 14.2 Å². The average Bonchev–Trinajstić information content (AvgIpc) is 2.32. The second kappa shape index (κ2) is 6.20. The highest BCUT2D eigenvalue weighted by molar-refractivity contribution is 9.09. The maximum Gasteiger partial charge on any atom is 0.410 e. The maximum absolute atomic E-state index is 12.2. The summed E-state index contributed by atoms with van der Waals surface area (Å²) in [7, 11) is 0. The number of carbonyl (C=O) groups excluding carboxylic acids is 1. The second-order valence-corrected chi connectivity index (χ2v) is 7.16. The molecule has 2 heterocycles. The van der Waals surface area contributed by atoms with Gasteiger partial charge < -0.3 is 19.1 Å². The molecule has 6 heteroatoms. The largest absolute Gasteiger partial charge is 0.444 e. The van der Waals surface area contributed by atoms with E-state index in [0.717, 1.165) is 24.7 Å². The Morgan fingerprint density at radius 2 is 2.15 bits per heavy atom. The SMILES string of the molecule is CC(C)(C)OC(=O)N1CCCC(CBr)(OC2COC2)C1. The van der Waals surface area contributed by atoms with Crippen molar-refractivity contribution in [3.63, 3.8) is 0 Å². The van der Waals surface area contributed by atoms with Crippen LogP contribution in [0, 0.1) is 0 Å². The molecule has 116 valence electrons. The van der Waals surface area contributed by atoms with Gasteiger partial charge in [-0.15, -0.1) is 0 Å². The summed E-state index contributed by atoms with van der Waals surface area (Å²) in [5, 5.41) is 0.718. The zero-order chi connectivity index (χ0) is 14.8. The maximum atomic E-state index is 12.2. The van der Waals surface area contributed by atoms with Crippen molar-refractivity contribution in [2.75, 3.05) is 31.6 Å². The van der Waals surface area contributed by atoms with Crippen LogP contribution < -0.4 is 0 Å². The third kappa shape index (κ3) is 4.09. The molecule has 0 aromatic heterocycles. The molecule has 1 amide bonds. The van der Waals surface area contributed by atoms with Crippen molar-refractivity contribution >= 4 is 22.0 Å². The molecule has 0 radical (unpaired) electrons. The fraction of sp³-hybridized carbons (Fsp3) is 0.929. The number of hydrogen-bond donors (Lipinski definition) is 0. The first-order valence-electron chi connectivity index (χ1n) is 7.13. The number of hydrogen-bond acceptors (Lipinski definition) is 4. The zero-order valence-electron chi connectivity index (χ0n) is 12.5. The summed E-state index contributed by atoms with van der Waals surface area (Å²) in [6, 6.07) is 0. The number of likely N-dealkylation sites (tertiary alicyclic amines) is 1. The fourth-order valence-electron chi connectivity index (χ4n) is 2.45. The lowest BCUT2D eigenvalue weighted by Crippen LogP contribution is -2.57. The summed E-state index contributed by atoms with van der Waals surface area (Å²) in [4.78, 5) is 14.0. The molecule has 1 atom stereocenters. The minimum absolute atomic E-state index is 0.158. The van der Waals surface area contributed by atoms with E-state index in [4.69, 9.17) is 14.2 Å². The first kappa shape index (κ1) is 16.0. The van der Waals surface area contributed by atoms with E-state index in [1.54, 1.807) is 4.90 Å². The van der Waals surface area contributed by atoms with Crippen LogP contribution in [0.5, 0.6) is 0 Å². The first-order valence-corrected chi connectivity index (χ1v) is 8.25. The molecule has 5 nitrogen and oxygen atoms in total. The molecule has 0 spiro atoms. The Morgan fingerprint density at radius 3 is 2.65 bits per heavy atom. The van der Waals surface area contributed by atoms with Crippen molar-refractivity contribution in [2.45, 2.75) is 50.9 Å². The molecule has 0 bridgehead atoms. The summed E-state index contributed by atoms with van der Waals surface area (Å²) < 4.78 is 16.8. The predicted octanol–water partition coefficient (Wildman–Crippen LogP) is 2.57. The van der Waals surface area contributed by atoms with Gasteiger partial charge in [-0.2, -0.15) is 0 Å². The van der Waals surface area contributed by atoms with E-state index in [0.29, 0.717) is 19.8 Å². The molecule has 1 unspecified atom stereocenters. The van der Waals surface area contributed by atoms with Gasteiger partial charge in [0.05, 0.1) is 25.4 Å². The molecule has 2 fully saturated rings. The van der Waals surface area contributed by atoms with E-state index < -0.39 is 5.60 Å². The average molecular weight is 350 g/mol. The van der Waals surface area contributed by atoms with Gasteiger partial charge in [0, 0.05) is 11.9 Å². The molecule has 0 aromatic carbocycles. The number of halogens is 1. The number of rotatable bonds is 3. The van der Waals surface area contributed by atoms with Crippen molar-refractivity contribution in [3.05, 3.63) is 0 Å². The Kier molecular flexibility index (Phi) is 4.97. The zero-order valence-corrected chi connectivity index (χ0v) is 14.1. The number of amides is 1. The summed E-state index contributed by atoms with van der Waals surface area (Å²) in [5.41, 5.74) is -0.780. The topological polar surface area (TPSA) is 48.0 Å². The van der Waals surface area contributed by atoms with E-state index in [9.17, 15) is 4.79 Å². The van der Waals surface area contributed by atoms with E-state index in [2.05, 4.69) is 15.9 Å². The van der Waals surface area contributed by atoms with Crippen LogP contribution >= 0.6 is 15.9 Å². The monoisotopic (exact) mass is 349 g/mol. The van der Waals surface area contributed by atoms with Crippen molar-refractivity contribution in [3.8, 4) is 0 Å². The molecule has 20 heavy (non-hydrogen) atoms. The van der Waals surface area contributed by atoms with Crippen LogP contribution in [0.1, 0.15) is 33.6 Å². The van der Waals surface area contributed by atoms with Gasteiger partial charge >= 0.3 is 6.09 Å². The number of alkyl halides is 1. The van der Waals surface area contributed by atoms with Gasteiger partial charge in [0.15, 0.2) is 0 Å². The van der Waals surface area contributed by atoms with E-state index in [-0.39, 0.29) is 17.8 Å². The van der Waals surface area contributed by atoms with Gasteiger partial charge in [0.2, 0.25) is 0 Å². The third-order valence-electron chi connectivity index (χ3n) is 3.46. The number of ether oxygens (including phenoxy) is 3. The molecule has 2 rings (SSSR count). The Morgan fingerprint density at radius 1 is 1.45 bits per heavy atom. The van der Waals surface area contributed by atoms with Gasteiger partial charge in [-0.1, -0.05) is 15.9 Å². The summed E-state index contributed by atoms with van der Waals surface area (Å²) in [6.07, 6.45) is 1.79. The molecular formula is C14H24BrNO4. The second-order valence-electron chi connectivity index (χ2n) is 6.60. The van der Waals surface area contributed by atoms with Crippen molar-refractivity contribution in [1.82, 2.24) is 4.90 Å². The predicted molar refractivity (Wildman–Crippen MR) is 79.3 cm³/mol. The van der Waals surface area contributed by atoms with Crippen LogP contribution in [0.25, 0.3) is 0 Å². The van der Waals surface area contributed by atoms with Gasteiger partial charge in [0.1, 0.15) is 11.7 Å². The fourth-order valence-corrected chi connectivity index (χ4v) is 3.04. The van der Waals surface area contributed by atoms with Crippen LogP contribution in [0.4, 0.5) is 4.79 Å². The molecule has 0 aliphatic carbocycles. The van der Waals surface area contributed by atoms with Crippen LogP contribution in [0.15, 0.2) is 0 Å². The van der Waals surface area contributed by atoms with E-state index in [1.807, 2.05) is 20.8 Å². The van der Waals surface area contributed by atoms with E-state index >= 15 is 0 Å². The molecule has 2 saturated heterocycles. The lowest BCUT2D eigenvalue weighted by molar-refractivity contribution is -0.197. The lowest BCUT2D eigenvalue weighted by Gasteiger charge is -2.45. The Labute approximate surface area is 129 Å². The molecular weight excluding hydrogens is 326 g/mol. The number of piperidine rings is 1. The first-order chi connectivity index (χ1) is 9.34. The lowest BCUT2D eigenvalue weighted by atomic mass is 9.94. The highest BCUT2D eigenvalue weighted by atomic mass is 79.9. The smallest absolute Gasteiger partial charge is 0.410 e.